The molecule has 1 aliphatic rings. The Balaban J connectivity index is 1.84. The highest BCUT2D eigenvalue weighted by Crippen LogP contribution is 2.44. The number of fused-ring (bicyclic) bond motifs is 1. The molecule has 1 fully saturated rings. The molecule has 15 nitrogen and oxygen atoms in total. The van der Waals surface area contributed by atoms with E-state index >= 15 is 0 Å². The molecule has 0 spiro atoms. The minimum Gasteiger partial charge on any atom is -0.508 e. The van der Waals surface area contributed by atoms with E-state index in [1.165, 1.54) is 24.3 Å². The first-order valence-electron chi connectivity index (χ1n) is 13.2. The molecule has 4 rings (SSSR count). The van der Waals surface area contributed by atoms with Gasteiger partial charge in [0, 0.05) is 17.2 Å². The predicted molar refractivity (Wildman–Crippen MR) is 151 cm³/mol. The van der Waals surface area contributed by atoms with Gasteiger partial charge in [0.05, 0.1) is 6.54 Å². The zero-order valence-corrected chi connectivity index (χ0v) is 23.2. The molecule has 5 atom stereocenters. The van der Waals surface area contributed by atoms with Crippen LogP contribution in [-0.2, 0) is 16.0 Å². The number of phenols is 3. The molecule has 0 aliphatic carbocycles. The monoisotopic (exact) mass is 603 g/mol. The summed E-state index contributed by atoms with van der Waals surface area (Å²) in [4.78, 5) is 29.0. The van der Waals surface area contributed by atoms with Crippen LogP contribution in [-0.4, -0.2) is 84.4 Å². The number of carboxylic acids is 1. The Morgan fingerprint density at radius 3 is 2.33 bits per heavy atom. The van der Waals surface area contributed by atoms with Crippen LogP contribution < -0.4 is 21.6 Å². The fourth-order valence-corrected chi connectivity index (χ4v) is 4.71. The largest absolute Gasteiger partial charge is 0.508 e. The van der Waals surface area contributed by atoms with Crippen LogP contribution in [0.1, 0.15) is 25.8 Å². The van der Waals surface area contributed by atoms with E-state index in [2.05, 4.69) is 4.99 Å². The Bertz CT molecular complexity index is 1600. The molecule has 0 bridgehead atoms. The van der Waals surface area contributed by atoms with Gasteiger partial charge < -0.3 is 61.1 Å². The second kappa shape index (κ2) is 12.0. The van der Waals surface area contributed by atoms with Crippen molar-refractivity contribution in [2.75, 3.05) is 6.54 Å². The van der Waals surface area contributed by atoms with Crippen LogP contribution in [0.25, 0.3) is 22.3 Å². The van der Waals surface area contributed by atoms with Crippen molar-refractivity contribution in [1.29, 1.82) is 0 Å². The third kappa shape index (κ3) is 6.01. The zero-order chi connectivity index (χ0) is 31.8. The van der Waals surface area contributed by atoms with Gasteiger partial charge in [-0.15, -0.1) is 0 Å². The smallest absolute Gasteiger partial charge is 0.335 e. The molecule has 0 radical (unpaired) electrons. The summed E-state index contributed by atoms with van der Waals surface area (Å²) in [5.74, 6) is -4.50. The van der Waals surface area contributed by atoms with Gasteiger partial charge in [0.15, 0.2) is 29.0 Å². The first-order valence-corrected chi connectivity index (χ1v) is 13.2. The van der Waals surface area contributed by atoms with E-state index in [0.717, 1.165) is 6.07 Å². The number of rotatable bonds is 9. The van der Waals surface area contributed by atoms with Crippen molar-refractivity contribution < 1.29 is 54.4 Å². The van der Waals surface area contributed by atoms with E-state index in [4.69, 9.17) is 25.4 Å². The number of nitrogens with two attached hydrogens (primary N) is 2. The second-order valence-electron chi connectivity index (χ2n) is 10.7. The highest BCUT2D eigenvalue weighted by Gasteiger charge is 2.58. The number of aliphatic hydroxyl groups is 3. The number of guanidine groups is 1. The third-order valence-corrected chi connectivity index (χ3v) is 7.14. The van der Waals surface area contributed by atoms with Crippen molar-refractivity contribution in [3.63, 3.8) is 0 Å². The Morgan fingerprint density at radius 1 is 1.09 bits per heavy atom. The molecule has 232 valence electrons. The van der Waals surface area contributed by atoms with Gasteiger partial charge in [-0.2, -0.15) is 0 Å². The van der Waals surface area contributed by atoms with Crippen molar-refractivity contribution in [3.8, 4) is 34.3 Å². The maximum atomic E-state index is 13.6. The third-order valence-electron chi connectivity index (χ3n) is 7.14. The quantitative estimate of drug-likeness (QED) is 0.0890. The van der Waals surface area contributed by atoms with Gasteiger partial charge in [-0.05, 0) is 43.0 Å². The van der Waals surface area contributed by atoms with Gasteiger partial charge in [-0.3, -0.25) is 9.79 Å². The molecule has 0 amide bonds. The highest BCUT2D eigenvalue weighted by molar-refractivity contribution is 5.90. The van der Waals surface area contributed by atoms with Crippen LogP contribution in [0, 0.1) is 5.92 Å². The molecule has 2 aromatic carbocycles. The maximum Gasteiger partial charge on any atom is 0.335 e. The molecule has 1 aliphatic heterocycles. The molecular weight excluding hydrogens is 570 g/mol. The highest BCUT2D eigenvalue weighted by atomic mass is 16.7. The van der Waals surface area contributed by atoms with E-state index in [0.29, 0.717) is 12.0 Å². The number of benzene rings is 2. The number of nitrogens with zero attached hydrogens (tertiary/aromatic N) is 1. The first kappa shape index (κ1) is 31.4. The number of carboxylic acid groups (broad SMARTS) is 1. The van der Waals surface area contributed by atoms with Gasteiger partial charge in [0.1, 0.15) is 40.3 Å². The number of ether oxygens (including phenoxy) is 2. The summed E-state index contributed by atoms with van der Waals surface area (Å²) >= 11 is 0. The fourth-order valence-electron chi connectivity index (χ4n) is 4.71. The summed E-state index contributed by atoms with van der Waals surface area (Å²) < 4.78 is 16.7. The number of aliphatic imine (C=N–C) groups is 1. The van der Waals surface area contributed by atoms with Crippen LogP contribution in [0.5, 0.6) is 23.0 Å². The normalized spacial score (nSPS) is 23.8. The number of carbonyl (C=O) groups is 1. The molecule has 3 aromatic rings. The Morgan fingerprint density at radius 2 is 1.74 bits per heavy atom. The lowest BCUT2D eigenvalue weighted by Crippen LogP contribution is -2.70. The summed E-state index contributed by atoms with van der Waals surface area (Å²) in [6.07, 6.45) is -7.79. The molecule has 0 saturated carbocycles. The van der Waals surface area contributed by atoms with Crippen LogP contribution in [0.15, 0.2) is 44.5 Å². The van der Waals surface area contributed by atoms with Crippen molar-refractivity contribution in [1.82, 2.24) is 0 Å². The average molecular weight is 604 g/mol. The molecule has 2 heterocycles. The fraction of sp³-hybridized carbons (Fsp3) is 0.393. The number of phenolic OH excluding ortho intramolecular Hbond substituents is 3. The predicted octanol–water partition coefficient (Wildman–Crippen LogP) is 0.0800. The average Bonchev–Trinajstić information content (AvgIpc) is 2.94. The van der Waals surface area contributed by atoms with Crippen molar-refractivity contribution in [2.24, 2.45) is 22.4 Å². The summed E-state index contributed by atoms with van der Waals surface area (Å²) in [5.41, 5.74) is 7.61. The molecule has 0 unspecified atom stereocenters. The number of aliphatic hydroxyl groups excluding tert-OH is 2. The minimum atomic E-state index is -2.70. The minimum absolute atomic E-state index is 0.0236. The lowest BCUT2D eigenvalue weighted by Gasteiger charge is -2.45. The van der Waals surface area contributed by atoms with Crippen molar-refractivity contribution in [2.45, 2.75) is 56.9 Å². The van der Waals surface area contributed by atoms with E-state index < -0.39 is 71.4 Å². The Hall–Kier alpha value is -4.57. The van der Waals surface area contributed by atoms with E-state index in [1.54, 1.807) is 0 Å². The van der Waals surface area contributed by atoms with E-state index in [-0.39, 0.29) is 40.4 Å². The van der Waals surface area contributed by atoms with Gasteiger partial charge in [0.25, 0.3) is 0 Å². The van der Waals surface area contributed by atoms with Crippen LogP contribution in [0.3, 0.4) is 0 Å². The molecule has 1 saturated heterocycles. The lowest BCUT2D eigenvalue weighted by atomic mass is 9.84. The van der Waals surface area contributed by atoms with Crippen molar-refractivity contribution in [3.05, 3.63) is 46.1 Å². The summed E-state index contributed by atoms with van der Waals surface area (Å²) in [6.45, 7) is 3.07. The summed E-state index contributed by atoms with van der Waals surface area (Å²) in [7, 11) is 0. The first-order chi connectivity index (χ1) is 20.1. The molecule has 43 heavy (non-hydrogen) atoms. The van der Waals surface area contributed by atoms with E-state index in [1.807, 2.05) is 13.8 Å². The molecule has 1 aromatic heterocycles. The number of hydrogen-bond donors (Lipinski definition) is 9. The Labute approximate surface area is 243 Å². The van der Waals surface area contributed by atoms with Gasteiger partial charge in [-0.1, -0.05) is 13.8 Å². The van der Waals surface area contributed by atoms with Crippen LogP contribution >= 0.6 is 0 Å². The summed E-state index contributed by atoms with van der Waals surface area (Å²) in [5, 5.41) is 73.0. The van der Waals surface area contributed by atoms with Crippen molar-refractivity contribution >= 4 is 22.9 Å². The topological polar surface area (TPSA) is 272 Å². The number of hydrogen-bond acceptors (Lipinski definition) is 12. The van der Waals surface area contributed by atoms with Gasteiger partial charge >= 0.3 is 5.97 Å². The van der Waals surface area contributed by atoms with Gasteiger partial charge in [0.2, 0.25) is 12.0 Å². The SMILES string of the molecule is CC(C)CCc1c(-c2ccc(O)cc2)oc2cc(O[C@H]3O[C@H](C(=O)O)[C@@H](O)[C@@](O)(CN=C(N)N)[C@H]3O)c(O)c(O)c2c1=O. The molecule has 15 heteroatoms. The molecule has 11 N–H and O–H groups in total. The van der Waals surface area contributed by atoms with Gasteiger partial charge in [-0.25, -0.2) is 4.79 Å². The number of aliphatic carboxylic acids is 1. The maximum absolute atomic E-state index is 13.6. The Kier molecular flexibility index (Phi) is 8.73. The van der Waals surface area contributed by atoms with Crippen LogP contribution in [0.2, 0.25) is 0 Å². The zero-order valence-electron chi connectivity index (χ0n) is 23.2. The number of aromatic hydroxyl groups is 3. The second-order valence-corrected chi connectivity index (χ2v) is 10.7. The van der Waals surface area contributed by atoms with Crippen LogP contribution in [0.4, 0.5) is 0 Å². The standard InChI is InChI=1S/C28H33N3O12/c1-11(2)3-8-14-18(33)17-15(41-21(14)12-4-6-13(32)7-5-12)9-16(19(34)20(17)35)42-26-24(37)28(40,10-31-27(29)30)23(36)22(43-26)25(38)39/h4-7,9,11,22-24,26,32,34-37,40H,3,8,10H2,1-2H3,(H,38,39)(H4,29,30,31)/t22-,23+,24-,26-,28-/m0/s1. The lowest BCUT2D eigenvalue weighted by molar-refractivity contribution is -0.303. The summed E-state index contributed by atoms with van der Waals surface area (Å²) in [6, 6.07) is 6.85. The molecular formula is C28H33N3O12. The van der Waals surface area contributed by atoms with E-state index in [9.17, 15) is 45.3 Å².